The van der Waals surface area contributed by atoms with Gasteiger partial charge in [0.2, 0.25) is 21.3 Å². The van der Waals surface area contributed by atoms with E-state index in [9.17, 15) is 8.42 Å². The van der Waals surface area contributed by atoms with Crippen LogP contribution in [-0.2, 0) is 10.0 Å². The molecular weight excluding hydrogens is 294 g/mol. The van der Waals surface area contributed by atoms with Crippen LogP contribution in [-0.4, -0.2) is 67.2 Å². The molecule has 1 saturated heterocycles. The van der Waals surface area contributed by atoms with Crippen molar-refractivity contribution >= 4 is 27.6 Å². The molecule has 0 aromatic carbocycles. The van der Waals surface area contributed by atoms with E-state index in [-0.39, 0.29) is 11.3 Å². The summed E-state index contributed by atoms with van der Waals surface area (Å²) < 4.78 is 29.2. The quantitative estimate of drug-likeness (QED) is 0.751. The molecule has 0 atom stereocenters. The molecule has 2 heterocycles. The number of rotatable bonds is 3. The summed E-state index contributed by atoms with van der Waals surface area (Å²) in [6.07, 6.45) is 1.20. The van der Waals surface area contributed by atoms with Crippen molar-refractivity contribution < 1.29 is 13.2 Å². The van der Waals surface area contributed by atoms with Crippen LogP contribution in [0.2, 0.25) is 5.28 Å². The van der Waals surface area contributed by atoms with E-state index in [1.54, 1.807) is 0 Å². The zero-order valence-electron chi connectivity index (χ0n) is 10.6. The van der Waals surface area contributed by atoms with Crippen LogP contribution < -0.4 is 9.64 Å². The van der Waals surface area contributed by atoms with Gasteiger partial charge in [0.1, 0.15) is 0 Å². The Labute approximate surface area is 116 Å². The van der Waals surface area contributed by atoms with Gasteiger partial charge in [-0.25, -0.2) is 8.42 Å². The number of piperazine rings is 1. The Balaban J connectivity index is 2.11. The third-order valence-electron chi connectivity index (χ3n) is 2.75. The predicted octanol–water partition coefficient (Wildman–Crippen LogP) is -0.385. The number of halogens is 1. The number of anilines is 1. The molecule has 0 unspecified atom stereocenters. The van der Waals surface area contributed by atoms with E-state index in [0.717, 1.165) is 0 Å². The molecule has 1 fully saturated rings. The Kier molecular flexibility index (Phi) is 4.07. The number of methoxy groups -OCH3 is 1. The van der Waals surface area contributed by atoms with E-state index in [0.29, 0.717) is 32.1 Å². The second-order valence-electron chi connectivity index (χ2n) is 4.04. The Morgan fingerprint density at radius 2 is 1.79 bits per heavy atom. The molecule has 0 bridgehead atoms. The first-order valence-electron chi connectivity index (χ1n) is 5.56. The van der Waals surface area contributed by atoms with Gasteiger partial charge in [0.25, 0.3) is 0 Å². The monoisotopic (exact) mass is 307 g/mol. The van der Waals surface area contributed by atoms with Crippen LogP contribution in [0.15, 0.2) is 0 Å². The number of nitrogens with zero attached hydrogens (tertiary/aromatic N) is 5. The summed E-state index contributed by atoms with van der Waals surface area (Å²) in [5, 5.41) is 0.0485. The maximum atomic E-state index is 11.4. The fraction of sp³-hybridized carbons (Fsp3) is 0.667. The first-order chi connectivity index (χ1) is 8.90. The second kappa shape index (κ2) is 5.43. The minimum Gasteiger partial charge on any atom is -0.467 e. The Morgan fingerprint density at radius 3 is 2.32 bits per heavy atom. The zero-order valence-corrected chi connectivity index (χ0v) is 12.1. The van der Waals surface area contributed by atoms with E-state index in [4.69, 9.17) is 16.3 Å². The smallest absolute Gasteiger partial charge is 0.322 e. The summed E-state index contributed by atoms with van der Waals surface area (Å²) in [6.45, 7) is 1.78. The minimum atomic E-state index is -3.15. The van der Waals surface area contributed by atoms with Crippen molar-refractivity contribution in [1.82, 2.24) is 19.3 Å². The zero-order chi connectivity index (χ0) is 14.0. The van der Waals surface area contributed by atoms with Gasteiger partial charge in [-0.2, -0.15) is 19.3 Å². The summed E-state index contributed by atoms with van der Waals surface area (Å²) in [7, 11) is -1.71. The molecule has 0 spiro atoms. The number of aromatic nitrogens is 3. The highest BCUT2D eigenvalue weighted by Crippen LogP contribution is 2.17. The Hall–Kier alpha value is -1.19. The van der Waals surface area contributed by atoms with Crippen LogP contribution in [0.3, 0.4) is 0 Å². The SMILES string of the molecule is COc1nc(Cl)nc(N2CCN(S(C)(=O)=O)CC2)n1. The molecule has 0 radical (unpaired) electrons. The molecule has 0 aliphatic carbocycles. The number of hydrogen-bond donors (Lipinski definition) is 0. The Morgan fingerprint density at radius 1 is 1.16 bits per heavy atom. The van der Waals surface area contributed by atoms with Crippen LogP contribution in [0.25, 0.3) is 0 Å². The van der Waals surface area contributed by atoms with E-state index in [2.05, 4.69) is 15.0 Å². The molecule has 1 aliphatic rings. The van der Waals surface area contributed by atoms with Crippen molar-refractivity contribution in [2.45, 2.75) is 0 Å². The number of hydrogen-bond acceptors (Lipinski definition) is 7. The highest BCUT2D eigenvalue weighted by Gasteiger charge is 2.25. The topological polar surface area (TPSA) is 88.5 Å². The van der Waals surface area contributed by atoms with Gasteiger partial charge in [-0.3, -0.25) is 0 Å². The van der Waals surface area contributed by atoms with Crippen molar-refractivity contribution in [2.24, 2.45) is 0 Å². The summed E-state index contributed by atoms with van der Waals surface area (Å²) in [5.74, 6) is 0.394. The van der Waals surface area contributed by atoms with Gasteiger partial charge < -0.3 is 9.64 Å². The van der Waals surface area contributed by atoms with E-state index in [1.807, 2.05) is 4.90 Å². The molecule has 0 N–H and O–H groups in total. The molecule has 0 saturated carbocycles. The van der Waals surface area contributed by atoms with Crippen molar-refractivity contribution in [3.05, 3.63) is 5.28 Å². The molecule has 106 valence electrons. The Bertz CT molecular complexity index is 559. The number of sulfonamides is 1. The summed E-state index contributed by atoms with van der Waals surface area (Å²) in [6, 6.07) is 0.139. The lowest BCUT2D eigenvalue weighted by molar-refractivity contribution is 0.370. The highest BCUT2D eigenvalue weighted by molar-refractivity contribution is 7.88. The summed E-state index contributed by atoms with van der Waals surface area (Å²) in [5.41, 5.74) is 0. The molecule has 1 aliphatic heterocycles. The third kappa shape index (κ3) is 3.43. The van der Waals surface area contributed by atoms with Gasteiger partial charge >= 0.3 is 6.01 Å². The maximum absolute atomic E-state index is 11.4. The molecule has 0 amide bonds. The van der Waals surface area contributed by atoms with Gasteiger partial charge in [0.05, 0.1) is 13.4 Å². The third-order valence-corrected chi connectivity index (χ3v) is 4.22. The van der Waals surface area contributed by atoms with E-state index < -0.39 is 10.0 Å². The van der Waals surface area contributed by atoms with Crippen LogP contribution in [0.1, 0.15) is 0 Å². The van der Waals surface area contributed by atoms with Crippen molar-refractivity contribution in [3.8, 4) is 6.01 Å². The predicted molar refractivity (Wildman–Crippen MR) is 70.0 cm³/mol. The molecule has 10 heteroatoms. The fourth-order valence-electron chi connectivity index (χ4n) is 1.77. The molecule has 1 aromatic heterocycles. The minimum absolute atomic E-state index is 0.0485. The fourth-order valence-corrected chi connectivity index (χ4v) is 2.75. The summed E-state index contributed by atoms with van der Waals surface area (Å²) in [4.78, 5) is 13.7. The standard InChI is InChI=1S/C9H14ClN5O3S/c1-18-9-12-7(10)11-8(13-9)14-3-5-15(6-4-14)19(2,16)17/h3-6H2,1-2H3. The lowest BCUT2D eigenvalue weighted by Crippen LogP contribution is -2.48. The maximum Gasteiger partial charge on any atom is 0.322 e. The average molecular weight is 308 g/mol. The van der Waals surface area contributed by atoms with Crippen LogP contribution in [0.4, 0.5) is 5.95 Å². The first-order valence-corrected chi connectivity index (χ1v) is 7.78. The largest absolute Gasteiger partial charge is 0.467 e. The van der Waals surface area contributed by atoms with Gasteiger partial charge in [-0.15, -0.1) is 0 Å². The molecule has 2 rings (SSSR count). The van der Waals surface area contributed by atoms with Crippen molar-refractivity contribution in [1.29, 1.82) is 0 Å². The van der Waals surface area contributed by atoms with E-state index >= 15 is 0 Å². The second-order valence-corrected chi connectivity index (χ2v) is 6.36. The lowest BCUT2D eigenvalue weighted by Gasteiger charge is -2.33. The van der Waals surface area contributed by atoms with Gasteiger partial charge in [0, 0.05) is 26.2 Å². The van der Waals surface area contributed by atoms with Crippen LogP contribution in [0, 0.1) is 0 Å². The summed E-state index contributed by atoms with van der Waals surface area (Å²) >= 11 is 5.77. The highest BCUT2D eigenvalue weighted by atomic mass is 35.5. The molecule has 1 aromatic rings. The van der Waals surface area contributed by atoms with Gasteiger partial charge in [-0.1, -0.05) is 0 Å². The van der Waals surface area contributed by atoms with Crippen LogP contribution >= 0.6 is 11.6 Å². The van der Waals surface area contributed by atoms with Gasteiger partial charge in [0.15, 0.2) is 0 Å². The molecular formula is C9H14ClN5O3S. The first kappa shape index (κ1) is 14.2. The van der Waals surface area contributed by atoms with E-state index in [1.165, 1.54) is 17.7 Å². The molecule has 19 heavy (non-hydrogen) atoms. The van der Waals surface area contributed by atoms with Gasteiger partial charge in [-0.05, 0) is 11.6 Å². The van der Waals surface area contributed by atoms with Crippen LogP contribution in [0.5, 0.6) is 6.01 Å². The lowest BCUT2D eigenvalue weighted by atomic mass is 10.4. The normalized spacial score (nSPS) is 17.5. The number of ether oxygens (including phenoxy) is 1. The molecule has 8 nitrogen and oxygen atoms in total. The van der Waals surface area contributed by atoms with Crippen molar-refractivity contribution in [2.75, 3.05) is 44.4 Å². The average Bonchev–Trinajstić information content (AvgIpc) is 2.37. The van der Waals surface area contributed by atoms with Crippen molar-refractivity contribution in [3.63, 3.8) is 0 Å².